The molecule has 0 nitrogen and oxygen atoms in total. The minimum absolute atomic E-state index is 0.288. The first-order valence-corrected chi connectivity index (χ1v) is 20.5. The summed E-state index contributed by atoms with van der Waals surface area (Å²) in [4.78, 5) is 0. The summed E-state index contributed by atoms with van der Waals surface area (Å²) in [6, 6.07) is 72.6. The Hall–Kier alpha value is -6.46. The van der Waals surface area contributed by atoms with Gasteiger partial charge in [-0.15, -0.1) is 5.54 Å². The minimum Gasteiger partial charge on any atom is -0.109 e. The Morgan fingerprint density at radius 2 is 0.962 bits per heavy atom. The standard InChI is InChI=1S/C52H38Si/c1-6-19-39(20-7-1)42-25-18-30-46(37-42)53(44-26-12-4-13-27-44,45-28-14-5-15-29-45)36-35-49-47-31-16-17-32-50(47)52(41-23-10-3-11-24-41)51-38-43(33-34-48(49)51)40-21-8-2-9-22-40/h1-34,37,43H,38H2. The molecule has 0 spiro atoms. The lowest BCUT2D eigenvalue weighted by atomic mass is 9.77. The molecule has 0 aliphatic heterocycles. The van der Waals surface area contributed by atoms with Crippen molar-refractivity contribution in [3.05, 3.63) is 229 Å². The molecule has 0 fully saturated rings. The van der Waals surface area contributed by atoms with Crippen molar-refractivity contribution in [2.45, 2.75) is 12.3 Å². The van der Waals surface area contributed by atoms with Crippen molar-refractivity contribution in [3.8, 4) is 33.7 Å². The van der Waals surface area contributed by atoms with E-state index in [4.69, 9.17) is 0 Å². The van der Waals surface area contributed by atoms with Crippen LogP contribution >= 0.6 is 0 Å². The van der Waals surface area contributed by atoms with Gasteiger partial charge in [0.2, 0.25) is 8.07 Å². The Morgan fingerprint density at radius 3 is 1.60 bits per heavy atom. The normalized spacial score (nSPS) is 13.5. The van der Waals surface area contributed by atoms with Crippen molar-refractivity contribution < 1.29 is 0 Å². The Bertz CT molecular complexity index is 2570. The summed E-state index contributed by atoms with van der Waals surface area (Å²) in [6.45, 7) is 0. The van der Waals surface area contributed by atoms with Gasteiger partial charge in [-0.3, -0.25) is 0 Å². The van der Waals surface area contributed by atoms with E-state index < -0.39 is 8.07 Å². The van der Waals surface area contributed by atoms with Gasteiger partial charge in [0.05, 0.1) is 0 Å². The average Bonchev–Trinajstić information content (AvgIpc) is 3.25. The zero-order valence-corrected chi connectivity index (χ0v) is 30.5. The lowest BCUT2D eigenvalue weighted by molar-refractivity contribution is 0.829. The zero-order chi connectivity index (χ0) is 35.5. The molecule has 8 aromatic carbocycles. The topological polar surface area (TPSA) is 0 Å². The number of hydrogen-bond donors (Lipinski definition) is 0. The Balaban J connectivity index is 1.34. The van der Waals surface area contributed by atoms with Crippen LogP contribution in [0.5, 0.6) is 0 Å². The molecule has 1 atom stereocenters. The summed E-state index contributed by atoms with van der Waals surface area (Å²) in [6.07, 6.45) is 5.68. The SMILES string of the molecule is C(#C[Si](c1ccccc1)(c1ccccc1)c1cccc(-c2ccccc2)c1)c1c2c(c(-c3ccccc3)c3ccccc13)CC(c1ccccc1)C=C2. The maximum atomic E-state index is 4.18. The van der Waals surface area contributed by atoms with Crippen molar-refractivity contribution >= 4 is 40.5 Å². The van der Waals surface area contributed by atoms with Crippen molar-refractivity contribution in [3.63, 3.8) is 0 Å². The molecule has 1 aliphatic rings. The smallest absolute Gasteiger partial charge is 0.109 e. The number of benzene rings is 8. The molecule has 0 amide bonds. The number of rotatable bonds is 6. The highest BCUT2D eigenvalue weighted by molar-refractivity contribution is 7.16. The van der Waals surface area contributed by atoms with Crippen molar-refractivity contribution in [1.82, 2.24) is 0 Å². The first kappa shape index (κ1) is 32.4. The second kappa shape index (κ2) is 14.3. The van der Waals surface area contributed by atoms with Gasteiger partial charge >= 0.3 is 0 Å². The number of fused-ring (bicyclic) bond motifs is 2. The molecule has 0 heterocycles. The van der Waals surface area contributed by atoms with Crippen molar-refractivity contribution in [2.24, 2.45) is 0 Å². The molecule has 1 aliphatic carbocycles. The lowest BCUT2D eigenvalue weighted by Crippen LogP contribution is -2.66. The summed E-state index contributed by atoms with van der Waals surface area (Å²) >= 11 is 0. The molecule has 250 valence electrons. The molecule has 0 saturated carbocycles. The van der Waals surface area contributed by atoms with E-state index in [9.17, 15) is 0 Å². The van der Waals surface area contributed by atoms with Crippen LogP contribution in [0, 0.1) is 11.5 Å². The third kappa shape index (κ3) is 6.04. The van der Waals surface area contributed by atoms with Crippen LogP contribution < -0.4 is 15.6 Å². The molecule has 1 heteroatoms. The lowest BCUT2D eigenvalue weighted by Gasteiger charge is -2.29. The van der Waals surface area contributed by atoms with Gasteiger partial charge in [0.25, 0.3) is 0 Å². The molecule has 0 N–H and O–H groups in total. The fourth-order valence-corrected chi connectivity index (χ4v) is 12.1. The zero-order valence-electron chi connectivity index (χ0n) is 29.5. The van der Waals surface area contributed by atoms with E-state index in [1.165, 1.54) is 65.3 Å². The molecule has 0 saturated heterocycles. The maximum Gasteiger partial charge on any atom is 0.230 e. The molecule has 53 heavy (non-hydrogen) atoms. The predicted molar refractivity (Wildman–Crippen MR) is 228 cm³/mol. The van der Waals surface area contributed by atoms with Crippen molar-refractivity contribution in [2.75, 3.05) is 0 Å². The third-order valence-corrected chi connectivity index (χ3v) is 14.8. The van der Waals surface area contributed by atoms with Crippen LogP contribution in [0.15, 0.2) is 206 Å². The van der Waals surface area contributed by atoms with E-state index in [-0.39, 0.29) is 5.92 Å². The van der Waals surface area contributed by atoms with Crippen LogP contribution in [-0.4, -0.2) is 8.07 Å². The van der Waals surface area contributed by atoms with Gasteiger partial charge in [-0.1, -0.05) is 218 Å². The largest absolute Gasteiger partial charge is 0.230 e. The first-order valence-electron chi connectivity index (χ1n) is 18.5. The van der Waals surface area contributed by atoms with Crippen LogP contribution in [0.3, 0.4) is 0 Å². The van der Waals surface area contributed by atoms with Gasteiger partial charge in [-0.05, 0) is 71.7 Å². The monoisotopic (exact) mass is 690 g/mol. The number of allylic oxidation sites excluding steroid dienone is 1. The van der Waals surface area contributed by atoms with E-state index in [0.717, 1.165) is 12.0 Å². The van der Waals surface area contributed by atoms with Gasteiger partial charge in [0.15, 0.2) is 0 Å². The fourth-order valence-electron chi connectivity index (χ4n) is 8.22. The van der Waals surface area contributed by atoms with Crippen LogP contribution in [0.25, 0.3) is 39.1 Å². The Labute approximate surface area is 313 Å². The van der Waals surface area contributed by atoms with E-state index in [0.29, 0.717) is 0 Å². The van der Waals surface area contributed by atoms with Crippen LogP contribution in [0.1, 0.15) is 28.2 Å². The summed E-state index contributed by atoms with van der Waals surface area (Å²) in [5, 5.41) is 6.29. The highest BCUT2D eigenvalue weighted by atomic mass is 28.3. The average molecular weight is 691 g/mol. The summed E-state index contributed by atoms with van der Waals surface area (Å²) in [5.41, 5.74) is 14.2. The van der Waals surface area contributed by atoms with E-state index >= 15 is 0 Å². The third-order valence-electron chi connectivity index (χ3n) is 10.8. The van der Waals surface area contributed by atoms with E-state index in [2.05, 4.69) is 224 Å². The Morgan fingerprint density at radius 1 is 0.453 bits per heavy atom. The molecule has 0 bridgehead atoms. The van der Waals surface area contributed by atoms with Gasteiger partial charge < -0.3 is 0 Å². The molecule has 0 aromatic heterocycles. The summed E-state index contributed by atoms with van der Waals surface area (Å²) < 4.78 is 0. The molecule has 8 aromatic rings. The fraction of sp³-hybridized carbons (Fsp3) is 0.0385. The molecule has 1 unspecified atom stereocenters. The highest BCUT2D eigenvalue weighted by Gasteiger charge is 2.39. The van der Waals surface area contributed by atoms with Crippen LogP contribution in [0.2, 0.25) is 0 Å². The quantitative estimate of drug-likeness (QED) is 0.0926. The summed E-state index contributed by atoms with van der Waals surface area (Å²) in [5.74, 6) is 4.29. The molecular formula is C52H38Si. The van der Waals surface area contributed by atoms with Crippen LogP contribution in [-0.2, 0) is 6.42 Å². The van der Waals surface area contributed by atoms with E-state index in [1.54, 1.807) is 0 Å². The number of hydrogen-bond acceptors (Lipinski definition) is 0. The second-order valence-electron chi connectivity index (χ2n) is 13.8. The van der Waals surface area contributed by atoms with Gasteiger partial charge in [-0.25, -0.2) is 0 Å². The maximum absolute atomic E-state index is 4.18. The van der Waals surface area contributed by atoms with Crippen LogP contribution in [0.4, 0.5) is 0 Å². The van der Waals surface area contributed by atoms with Gasteiger partial charge in [0, 0.05) is 11.5 Å². The van der Waals surface area contributed by atoms with Gasteiger partial charge in [0.1, 0.15) is 0 Å². The molecule has 0 radical (unpaired) electrons. The highest BCUT2D eigenvalue weighted by Crippen LogP contribution is 2.43. The second-order valence-corrected chi connectivity index (χ2v) is 17.3. The van der Waals surface area contributed by atoms with Gasteiger partial charge in [-0.2, -0.15) is 0 Å². The molecule has 9 rings (SSSR count). The Kier molecular flexibility index (Phi) is 8.74. The van der Waals surface area contributed by atoms with E-state index in [1.807, 2.05) is 0 Å². The first-order chi connectivity index (χ1) is 26.3. The van der Waals surface area contributed by atoms with Crippen molar-refractivity contribution in [1.29, 1.82) is 0 Å². The minimum atomic E-state index is -2.93. The molecular weight excluding hydrogens is 653 g/mol. The predicted octanol–water partition coefficient (Wildman–Crippen LogP) is 10.6. The summed E-state index contributed by atoms with van der Waals surface area (Å²) in [7, 11) is -2.93.